The van der Waals surface area contributed by atoms with E-state index in [1.54, 1.807) is 44.6 Å². The Labute approximate surface area is 151 Å². The first-order valence-electron chi connectivity index (χ1n) is 8.09. The van der Waals surface area contributed by atoms with Gasteiger partial charge in [-0.05, 0) is 37.3 Å². The molecule has 2 aromatic rings. The van der Waals surface area contributed by atoms with Crippen molar-refractivity contribution < 1.29 is 23.5 Å². The molecule has 0 saturated carbocycles. The topological polar surface area (TPSA) is 102 Å². The lowest BCUT2D eigenvalue weighted by Crippen LogP contribution is -2.42. The first kappa shape index (κ1) is 19.2. The fourth-order valence-corrected chi connectivity index (χ4v) is 2.33. The van der Waals surface area contributed by atoms with Crippen LogP contribution in [-0.4, -0.2) is 32.7 Å². The second-order valence-corrected chi connectivity index (χ2v) is 5.51. The third-order valence-corrected chi connectivity index (χ3v) is 3.70. The molecule has 0 radical (unpaired) electrons. The Balaban J connectivity index is 1.82. The number of methoxy groups -OCH3 is 2. The van der Waals surface area contributed by atoms with Gasteiger partial charge in [-0.2, -0.15) is 0 Å². The molecular weight excluding hydrogens is 338 g/mol. The molecule has 26 heavy (non-hydrogen) atoms. The average molecular weight is 361 g/mol. The minimum atomic E-state index is -0.462. The lowest BCUT2D eigenvalue weighted by Gasteiger charge is -2.18. The Morgan fingerprint density at radius 3 is 2.62 bits per heavy atom. The summed E-state index contributed by atoms with van der Waals surface area (Å²) in [6.45, 7) is 1.94. The van der Waals surface area contributed by atoms with Crippen LogP contribution >= 0.6 is 0 Å². The van der Waals surface area contributed by atoms with Crippen molar-refractivity contribution in [1.82, 2.24) is 16.0 Å². The third kappa shape index (κ3) is 5.44. The van der Waals surface area contributed by atoms with Gasteiger partial charge in [-0.1, -0.05) is 0 Å². The van der Waals surface area contributed by atoms with Crippen molar-refractivity contribution in [2.24, 2.45) is 0 Å². The number of urea groups is 1. The van der Waals surface area contributed by atoms with Crippen LogP contribution < -0.4 is 25.4 Å². The lowest BCUT2D eigenvalue weighted by atomic mass is 10.1. The van der Waals surface area contributed by atoms with Gasteiger partial charge in [-0.25, -0.2) is 4.79 Å². The fraction of sp³-hybridized carbons (Fsp3) is 0.333. The van der Waals surface area contributed by atoms with Crippen molar-refractivity contribution >= 4 is 11.9 Å². The van der Waals surface area contributed by atoms with E-state index in [4.69, 9.17) is 13.9 Å². The summed E-state index contributed by atoms with van der Waals surface area (Å²) >= 11 is 0. The van der Waals surface area contributed by atoms with Gasteiger partial charge < -0.3 is 29.8 Å². The van der Waals surface area contributed by atoms with Crippen LogP contribution in [0.4, 0.5) is 4.79 Å². The zero-order chi connectivity index (χ0) is 18.9. The van der Waals surface area contributed by atoms with Crippen LogP contribution in [-0.2, 0) is 11.3 Å². The molecule has 3 amide bonds. The lowest BCUT2D eigenvalue weighted by molar-refractivity contribution is -0.120. The van der Waals surface area contributed by atoms with Gasteiger partial charge >= 0.3 is 6.03 Å². The number of carbonyl (C=O) groups is 2. The van der Waals surface area contributed by atoms with E-state index in [2.05, 4.69) is 16.0 Å². The van der Waals surface area contributed by atoms with E-state index in [9.17, 15) is 9.59 Å². The maximum Gasteiger partial charge on any atom is 0.315 e. The van der Waals surface area contributed by atoms with Crippen LogP contribution in [0.2, 0.25) is 0 Å². The van der Waals surface area contributed by atoms with Gasteiger partial charge in [0.25, 0.3) is 0 Å². The second kappa shape index (κ2) is 9.36. The van der Waals surface area contributed by atoms with E-state index >= 15 is 0 Å². The number of furan rings is 1. The summed E-state index contributed by atoms with van der Waals surface area (Å²) in [6.07, 6.45) is 1.53. The highest BCUT2D eigenvalue weighted by atomic mass is 16.5. The Morgan fingerprint density at radius 1 is 1.15 bits per heavy atom. The van der Waals surface area contributed by atoms with Crippen LogP contribution in [0.25, 0.3) is 0 Å². The van der Waals surface area contributed by atoms with Crippen LogP contribution in [0.15, 0.2) is 41.0 Å². The van der Waals surface area contributed by atoms with Crippen LogP contribution in [0.1, 0.15) is 24.3 Å². The summed E-state index contributed by atoms with van der Waals surface area (Å²) in [4.78, 5) is 23.8. The molecule has 1 aromatic carbocycles. The van der Waals surface area contributed by atoms with E-state index in [0.717, 1.165) is 5.56 Å². The smallest absolute Gasteiger partial charge is 0.315 e. The zero-order valence-corrected chi connectivity index (χ0v) is 15.0. The Bertz CT molecular complexity index is 730. The van der Waals surface area contributed by atoms with Gasteiger partial charge in [-0.15, -0.1) is 0 Å². The van der Waals surface area contributed by atoms with E-state index in [-0.39, 0.29) is 25.0 Å². The van der Waals surface area contributed by atoms with Gasteiger partial charge in [0.15, 0.2) is 0 Å². The monoisotopic (exact) mass is 361 g/mol. The molecule has 0 aliphatic heterocycles. The van der Waals surface area contributed by atoms with Gasteiger partial charge in [0.2, 0.25) is 5.91 Å². The Morgan fingerprint density at radius 2 is 1.96 bits per heavy atom. The number of ether oxygens (including phenoxy) is 2. The van der Waals surface area contributed by atoms with Gasteiger partial charge in [0, 0.05) is 5.56 Å². The number of rotatable bonds is 8. The van der Waals surface area contributed by atoms with Gasteiger partial charge in [0.1, 0.15) is 17.3 Å². The van der Waals surface area contributed by atoms with Crippen LogP contribution in [0.5, 0.6) is 11.5 Å². The SMILES string of the molecule is COc1ccc(OC)c(C(C)NC(=O)NCC(=O)NCc2ccco2)c1. The molecule has 0 aliphatic carbocycles. The fourth-order valence-electron chi connectivity index (χ4n) is 2.33. The van der Waals surface area contributed by atoms with Crippen LogP contribution in [0.3, 0.4) is 0 Å². The Hall–Kier alpha value is -3.16. The maximum absolute atomic E-state index is 12.0. The van der Waals surface area contributed by atoms with Crippen molar-refractivity contribution in [3.8, 4) is 11.5 Å². The molecule has 140 valence electrons. The van der Waals surface area contributed by atoms with E-state index in [1.807, 2.05) is 6.92 Å². The van der Waals surface area contributed by atoms with Gasteiger partial charge in [-0.3, -0.25) is 4.79 Å². The van der Waals surface area contributed by atoms with E-state index in [0.29, 0.717) is 17.3 Å². The normalized spacial score (nSPS) is 11.3. The average Bonchev–Trinajstić information content (AvgIpc) is 3.17. The predicted molar refractivity (Wildman–Crippen MR) is 95.1 cm³/mol. The number of hydrogen-bond acceptors (Lipinski definition) is 5. The number of amides is 3. The van der Waals surface area contributed by atoms with Crippen molar-refractivity contribution in [2.45, 2.75) is 19.5 Å². The molecule has 8 heteroatoms. The highest BCUT2D eigenvalue weighted by molar-refractivity contribution is 5.84. The molecule has 8 nitrogen and oxygen atoms in total. The largest absolute Gasteiger partial charge is 0.497 e. The molecule has 1 heterocycles. The molecule has 1 aromatic heterocycles. The molecule has 0 saturated heterocycles. The van der Waals surface area contributed by atoms with Crippen molar-refractivity contribution in [2.75, 3.05) is 20.8 Å². The summed E-state index contributed by atoms with van der Waals surface area (Å²) in [5.41, 5.74) is 0.768. The first-order chi connectivity index (χ1) is 12.5. The minimum absolute atomic E-state index is 0.144. The molecule has 1 atom stereocenters. The van der Waals surface area contributed by atoms with Crippen LogP contribution in [0, 0.1) is 0 Å². The maximum atomic E-state index is 12.0. The third-order valence-electron chi connectivity index (χ3n) is 3.70. The summed E-state index contributed by atoms with van der Waals surface area (Å²) in [7, 11) is 3.12. The summed E-state index contributed by atoms with van der Waals surface area (Å²) in [5.74, 6) is 1.62. The van der Waals surface area contributed by atoms with Crippen molar-refractivity contribution in [3.05, 3.63) is 47.9 Å². The molecule has 2 rings (SSSR count). The number of nitrogens with one attached hydrogen (secondary N) is 3. The van der Waals surface area contributed by atoms with E-state index in [1.165, 1.54) is 6.26 Å². The first-order valence-corrected chi connectivity index (χ1v) is 8.09. The zero-order valence-electron chi connectivity index (χ0n) is 15.0. The molecule has 3 N–H and O–H groups in total. The summed E-state index contributed by atoms with van der Waals surface area (Å²) in [6, 6.07) is 8.03. The van der Waals surface area contributed by atoms with Gasteiger partial charge in [0.05, 0.1) is 39.6 Å². The molecule has 0 aliphatic rings. The minimum Gasteiger partial charge on any atom is -0.497 e. The Kier molecular flexibility index (Phi) is 6.90. The number of carbonyl (C=O) groups excluding carboxylic acids is 2. The predicted octanol–water partition coefficient (Wildman–Crippen LogP) is 1.97. The van der Waals surface area contributed by atoms with Crippen molar-refractivity contribution in [3.63, 3.8) is 0 Å². The quantitative estimate of drug-likeness (QED) is 0.667. The highest BCUT2D eigenvalue weighted by Crippen LogP contribution is 2.29. The summed E-state index contributed by atoms with van der Waals surface area (Å²) < 4.78 is 15.6. The number of benzene rings is 1. The molecule has 1 unspecified atom stereocenters. The highest BCUT2D eigenvalue weighted by Gasteiger charge is 2.15. The molecular formula is C18H23N3O5. The molecule has 0 spiro atoms. The van der Waals surface area contributed by atoms with E-state index < -0.39 is 6.03 Å². The standard InChI is InChI=1S/C18H23N3O5/c1-12(15-9-13(24-2)6-7-16(15)25-3)21-18(23)20-11-17(22)19-10-14-5-4-8-26-14/h4-9,12H,10-11H2,1-3H3,(H,19,22)(H2,20,21,23). The summed E-state index contributed by atoms with van der Waals surface area (Å²) in [5, 5.41) is 7.92. The van der Waals surface area contributed by atoms with Crippen molar-refractivity contribution in [1.29, 1.82) is 0 Å². The molecule has 0 fully saturated rings. The molecule has 0 bridgehead atoms. The second-order valence-electron chi connectivity index (χ2n) is 5.51. The number of hydrogen-bond donors (Lipinski definition) is 3.